The van der Waals surface area contributed by atoms with E-state index in [0.717, 1.165) is 0 Å². The van der Waals surface area contributed by atoms with Crippen LogP contribution in [0.25, 0.3) is 0 Å². The number of ketones is 1. The lowest BCUT2D eigenvalue weighted by Gasteiger charge is -2.22. The fraction of sp³-hybridized carbons (Fsp3) is 0.391. The van der Waals surface area contributed by atoms with Crippen LogP contribution in [-0.2, 0) is 9.53 Å². The molecule has 8 heteroatoms. The van der Waals surface area contributed by atoms with Crippen LogP contribution in [0.5, 0.6) is 28.7 Å². The molecule has 8 nitrogen and oxygen atoms in total. The van der Waals surface area contributed by atoms with E-state index in [2.05, 4.69) is 0 Å². The van der Waals surface area contributed by atoms with E-state index in [-0.39, 0.29) is 12.4 Å². The summed E-state index contributed by atoms with van der Waals surface area (Å²) in [5, 5.41) is 0. The van der Waals surface area contributed by atoms with Crippen molar-refractivity contribution in [3.05, 3.63) is 41.0 Å². The molecule has 0 aliphatic heterocycles. The van der Waals surface area contributed by atoms with Crippen molar-refractivity contribution in [2.45, 2.75) is 12.8 Å². The number of methoxy groups -OCH3 is 5. The van der Waals surface area contributed by atoms with E-state index in [0.29, 0.717) is 45.4 Å². The highest BCUT2D eigenvalue weighted by molar-refractivity contribution is 6.14. The average molecular weight is 430 g/mol. The normalized spacial score (nSPS) is 17.0. The third-order valence-electron chi connectivity index (χ3n) is 5.36. The van der Waals surface area contributed by atoms with Gasteiger partial charge < -0.3 is 28.4 Å². The summed E-state index contributed by atoms with van der Waals surface area (Å²) in [6.45, 7) is 1.86. The van der Waals surface area contributed by atoms with Crippen LogP contribution in [0.4, 0.5) is 0 Å². The van der Waals surface area contributed by atoms with Gasteiger partial charge in [-0.25, -0.2) is 0 Å². The zero-order chi connectivity index (χ0) is 22.7. The number of hydrogen-bond donors (Lipinski definition) is 0. The lowest BCUT2D eigenvalue weighted by atomic mass is 9.85. The van der Waals surface area contributed by atoms with Crippen LogP contribution in [0.3, 0.4) is 0 Å². The largest absolute Gasteiger partial charge is 0.493 e. The Morgan fingerprint density at radius 3 is 1.84 bits per heavy atom. The summed E-state index contributed by atoms with van der Waals surface area (Å²) in [7, 11) is 7.52. The van der Waals surface area contributed by atoms with Crippen LogP contribution in [0.15, 0.2) is 24.3 Å². The molecule has 2 atom stereocenters. The molecule has 0 saturated carbocycles. The van der Waals surface area contributed by atoms with E-state index < -0.39 is 17.8 Å². The molecule has 1 aliphatic rings. The first-order chi connectivity index (χ1) is 14.9. The zero-order valence-corrected chi connectivity index (χ0v) is 18.4. The van der Waals surface area contributed by atoms with Crippen LogP contribution in [0.2, 0.25) is 0 Å². The summed E-state index contributed by atoms with van der Waals surface area (Å²) in [6.07, 6.45) is 0. The van der Waals surface area contributed by atoms with Crippen molar-refractivity contribution in [3.63, 3.8) is 0 Å². The van der Waals surface area contributed by atoms with Crippen molar-refractivity contribution < 1.29 is 38.0 Å². The minimum atomic E-state index is -1.06. The monoisotopic (exact) mass is 430 g/mol. The quantitative estimate of drug-likeness (QED) is 0.466. The molecule has 0 bridgehead atoms. The maximum Gasteiger partial charge on any atom is 0.317 e. The van der Waals surface area contributed by atoms with Crippen molar-refractivity contribution in [3.8, 4) is 28.7 Å². The zero-order valence-electron chi connectivity index (χ0n) is 18.4. The lowest BCUT2D eigenvalue weighted by molar-refractivity contribution is -0.146. The first-order valence-electron chi connectivity index (χ1n) is 9.72. The van der Waals surface area contributed by atoms with Gasteiger partial charge in [0.2, 0.25) is 5.75 Å². The number of carbonyl (C=O) groups is 2. The fourth-order valence-electron chi connectivity index (χ4n) is 3.99. The van der Waals surface area contributed by atoms with Gasteiger partial charge in [-0.2, -0.15) is 0 Å². The van der Waals surface area contributed by atoms with Gasteiger partial charge in [0.05, 0.1) is 42.2 Å². The molecule has 0 radical (unpaired) electrons. The van der Waals surface area contributed by atoms with Crippen LogP contribution in [0.1, 0.15) is 34.3 Å². The van der Waals surface area contributed by atoms with Gasteiger partial charge in [-0.05, 0) is 42.3 Å². The van der Waals surface area contributed by atoms with Gasteiger partial charge in [0.15, 0.2) is 28.8 Å². The summed E-state index contributed by atoms with van der Waals surface area (Å²) >= 11 is 0. The van der Waals surface area contributed by atoms with Crippen molar-refractivity contribution in [2.75, 3.05) is 42.2 Å². The summed E-state index contributed by atoms with van der Waals surface area (Å²) < 4.78 is 32.4. The average Bonchev–Trinajstić information content (AvgIpc) is 3.08. The maximum atomic E-state index is 13.3. The van der Waals surface area contributed by atoms with Gasteiger partial charge in [-0.1, -0.05) is 0 Å². The molecular weight excluding hydrogens is 404 g/mol. The van der Waals surface area contributed by atoms with Crippen molar-refractivity contribution in [2.24, 2.45) is 5.92 Å². The Bertz CT molecular complexity index is 972. The Kier molecular flexibility index (Phi) is 6.58. The molecule has 0 fully saturated rings. The minimum absolute atomic E-state index is 0.160. The molecule has 0 unspecified atom stereocenters. The van der Waals surface area contributed by atoms with E-state index >= 15 is 0 Å². The highest BCUT2D eigenvalue weighted by Crippen LogP contribution is 2.50. The van der Waals surface area contributed by atoms with Gasteiger partial charge in [-0.3, -0.25) is 9.59 Å². The van der Waals surface area contributed by atoms with Crippen LogP contribution in [0, 0.1) is 5.92 Å². The molecule has 166 valence electrons. The topological polar surface area (TPSA) is 89.5 Å². The second kappa shape index (κ2) is 9.16. The Morgan fingerprint density at radius 1 is 0.806 bits per heavy atom. The Hall–Kier alpha value is -3.42. The molecule has 0 N–H and O–H groups in total. The highest BCUT2D eigenvalue weighted by atomic mass is 16.5. The predicted octanol–water partition coefficient (Wildman–Crippen LogP) is 3.24. The van der Waals surface area contributed by atoms with Gasteiger partial charge in [-0.15, -0.1) is 0 Å². The van der Waals surface area contributed by atoms with Crippen LogP contribution < -0.4 is 23.7 Å². The predicted molar refractivity (Wildman–Crippen MR) is 112 cm³/mol. The molecular formula is C23H26O8. The molecule has 0 amide bonds. The van der Waals surface area contributed by atoms with Gasteiger partial charge in [0, 0.05) is 11.5 Å². The number of Topliss-reactive ketones (excluding diaryl/α,β-unsaturated/α-hetero) is 1. The summed E-state index contributed by atoms with van der Waals surface area (Å²) in [4.78, 5) is 26.2. The van der Waals surface area contributed by atoms with E-state index in [4.69, 9.17) is 28.4 Å². The molecule has 31 heavy (non-hydrogen) atoms. The minimum Gasteiger partial charge on any atom is -0.493 e. The Morgan fingerprint density at radius 2 is 1.35 bits per heavy atom. The standard InChI is InChI=1S/C23H26O8/c1-7-31-23(25)20-19(12-8-17(28-4)22(30-6)18(9-12)29-5)13-10-15(26-2)16(27-3)11-14(13)21(20)24/h8-11,19-20H,7H2,1-6H3/t19-,20+/m1/s1. The smallest absolute Gasteiger partial charge is 0.317 e. The number of hydrogen-bond acceptors (Lipinski definition) is 8. The fourth-order valence-corrected chi connectivity index (χ4v) is 3.99. The lowest BCUT2D eigenvalue weighted by Crippen LogP contribution is -2.27. The molecule has 0 heterocycles. The number of esters is 1. The number of fused-ring (bicyclic) bond motifs is 1. The van der Waals surface area contributed by atoms with Crippen molar-refractivity contribution in [1.29, 1.82) is 0 Å². The summed E-state index contributed by atoms with van der Waals surface area (Å²) in [5.41, 5.74) is 1.66. The number of carbonyl (C=O) groups excluding carboxylic acids is 2. The number of ether oxygens (including phenoxy) is 6. The van der Waals surface area contributed by atoms with Crippen molar-refractivity contribution >= 4 is 11.8 Å². The molecule has 0 spiro atoms. The second-order valence-electron chi connectivity index (χ2n) is 6.82. The van der Waals surface area contributed by atoms with Gasteiger partial charge >= 0.3 is 5.97 Å². The van der Waals surface area contributed by atoms with E-state index in [1.807, 2.05) is 0 Å². The highest BCUT2D eigenvalue weighted by Gasteiger charge is 2.47. The van der Waals surface area contributed by atoms with Crippen molar-refractivity contribution in [1.82, 2.24) is 0 Å². The van der Waals surface area contributed by atoms with E-state index in [9.17, 15) is 9.59 Å². The summed E-state index contributed by atoms with van der Waals surface area (Å²) in [6, 6.07) is 6.79. The molecule has 1 aliphatic carbocycles. The van der Waals surface area contributed by atoms with E-state index in [1.165, 1.54) is 35.5 Å². The van der Waals surface area contributed by atoms with E-state index in [1.54, 1.807) is 31.2 Å². The second-order valence-corrected chi connectivity index (χ2v) is 6.82. The van der Waals surface area contributed by atoms with Crippen LogP contribution >= 0.6 is 0 Å². The molecule has 0 saturated heterocycles. The number of rotatable bonds is 8. The molecule has 3 rings (SSSR count). The van der Waals surface area contributed by atoms with Crippen LogP contribution in [-0.4, -0.2) is 53.9 Å². The Labute approximate surface area is 181 Å². The van der Waals surface area contributed by atoms with Gasteiger partial charge in [0.25, 0.3) is 0 Å². The molecule has 0 aromatic heterocycles. The first kappa shape index (κ1) is 22.3. The summed E-state index contributed by atoms with van der Waals surface area (Å²) in [5.74, 6) is -0.517. The molecule has 2 aromatic rings. The first-order valence-corrected chi connectivity index (χ1v) is 9.72. The SMILES string of the molecule is CCOC(=O)[C@@H]1C(=O)c2cc(OC)c(OC)cc2[C@H]1c1cc(OC)c(OC)c(OC)c1. The maximum absolute atomic E-state index is 13.3. The third kappa shape index (κ3) is 3.73. The Balaban J connectivity index is 2.28. The third-order valence-corrected chi connectivity index (χ3v) is 5.36. The number of benzene rings is 2. The molecule has 2 aromatic carbocycles. The van der Waals surface area contributed by atoms with Gasteiger partial charge in [0.1, 0.15) is 5.92 Å².